The van der Waals surface area contributed by atoms with Crippen LogP contribution in [0.15, 0.2) is 70.2 Å². The SMILES string of the molecule is CC(Sc1ccc(NC(=O)c2ccco2)cc1)C(=O)Nc1ccc2c(c1)OCCO2. The number of furan rings is 1. The molecule has 8 heteroatoms. The van der Waals surface area contributed by atoms with Crippen LogP contribution < -0.4 is 20.1 Å². The Morgan fingerprint density at radius 3 is 2.40 bits per heavy atom. The zero-order valence-electron chi connectivity index (χ0n) is 16.2. The van der Waals surface area contributed by atoms with E-state index in [1.165, 1.54) is 18.0 Å². The zero-order valence-corrected chi connectivity index (χ0v) is 17.0. The Balaban J connectivity index is 1.32. The summed E-state index contributed by atoms with van der Waals surface area (Å²) in [5.41, 5.74) is 1.31. The topological polar surface area (TPSA) is 89.8 Å². The molecule has 0 aliphatic carbocycles. The first-order valence-electron chi connectivity index (χ1n) is 9.40. The van der Waals surface area contributed by atoms with Crippen molar-refractivity contribution in [3.05, 3.63) is 66.6 Å². The molecule has 2 amide bonds. The number of anilines is 2. The van der Waals surface area contributed by atoms with Crippen LogP contribution in [0, 0.1) is 0 Å². The van der Waals surface area contributed by atoms with Gasteiger partial charge in [-0.1, -0.05) is 0 Å². The van der Waals surface area contributed by atoms with Gasteiger partial charge < -0.3 is 24.5 Å². The number of ether oxygens (including phenoxy) is 2. The van der Waals surface area contributed by atoms with E-state index in [0.29, 0.717) is 36.1 Å². The summed E-state index contributed by atoms with van der Waals surface area (Å²) in [5, 5.41) is 5.35. The van der Waals surface area contributed by atoms with E-state index in [4.69, 9.17) is 13.9 Å². The van der Waals surface area contributed by atoms with Gasteiger partial charge in [-0.2, -0.15) is 0 Å². The number of hydrogen-bond donors (Lipinski definition) is 2. The van der Waals surface area contributed by atoms with Crippen LogP contribution in [-0.2, 0) is 4.79 Å². The molecule has 0 saturated carbocycles. The first kappa shape index (κ1) is 19.9. The number of carbonyl (C=O) groups excluding carboxylic acids is 2. The fourth-order valence-corrected chi connectivity index (χ4v) is 3.71. The minimum atomic E-state index is -0.318. The summed E-state index contributed by atoms with van der Waals surface area (Å²) in [7, 11) is 0. The van der Waals surface area contributed by atoms with Crippen molar-refractivity contribution in [2.75, 3.05) is 23.8 Å². The molecule has 1 aliphatic heterocycles. The maximum Gasteiger partial charge on any atom is 0.291 e. The van der Waals surface area contributed by atoms with E-state index in [0.717, 1.165) is 4.90 Å². The maximum absolute atomic E-state index is 12.6. The molecule has 0 bridgehead atoms. The monoisotopic (exact) mass is 424 g/mol. The lowest BCUT2D eigenvalue weighted by Crippen LogP contribution is -2.22. The highest BCUT2D eigenvalue weighted by Crippen LogP contribution is 2.33. The van der Waals surface area contributed by atoms with Gasteiger partial charge >= 0.3 is 0 Å². The normalized spacial score (nSPS) is 13.4. The third-order valence-corrected chi connectivity index (χ3v) is 5.46. The van der Waals surface area contributed by atoms with Crippen LogP contribution in [0.4, 0.5) is 11.4 Å². The largest absolute Gasteiger partial charge is 0.486 e. The van der Waals surface area contributed by atoms with Gasteiger partial charge in [0.15, 0.2) is 17.3 Å². The summed E-state index contributed by atoms with van der Waals surface area (Å²) in [6.07, 6.45) is 1.45. The number of nitrogens with one attached hydrogen (secondary N) is 2. The molecule has 4 rings (SSSR count). The molecule has 30 heavy (non-hydrogen) atoms. The fourth-order valence-electron chi connectivity index (χ4n) is 2.84. The second-order valence-electron chi connectivity index (χ2n) is 6.56. The summed E-state index contributed by atoms with van der Waals surface area (Å²) in [5.74, 6) is 1.13. The van der Waals surface area contributed by atoms with E-state index in [2.05, 4.69) is 10.6 Å². The molecule has 2 heterocycles. The molecular weight excluding hydrogens is 404 g/mol. The molecule has 0 fully saturated rings. The van der Waals surface area contributed by atoms with Gasteiger partial charge in [0.2, 0.25) is 5.91 Å². The van der Waals surface area contributed by atoms with Crippen LogP contribution >= 0.6 is 11.8 Å². The van der Waals surface area contributed by atoms with Crippen LogP contribution in [-0.4, -0.2) is 30.3 Å². The zero-order chi connectivity index (χ0) is 20.9. The summed E-state index contributed by atoms with van der Waals surface area (Å²) in [6, 6.07) is 15.9. The molecule has 2 N–H and O–H groups in total. The molecule has 2 aromatic carbocycles. The van der Waals surface area contributed by atoms with Gasteiger partial charge in [0.05, 0.1) is 11.5 Å². The van der Waals surface area contributed by atoms with Crippen molar-refractivity contribution in [3.63, 3.8) is 0 Å². The Hall–Kier alpha value is -3.39. The van der Waals surface area contributed by atoms with Gasteiger partial charge in [-0.25, -0.2) is 0 Å². The Morgan fingerprint density at radius 1 is 0.933 bits per heavy atom. The van der Waals surface area contributed by atoms with E-state index >= 15 is 0 Å². The lowest BCUT2D eigenvalue weighted by atomic mass is 10.2. The van der Waals surface area contributed by atoms with Gasteiger partial charge in [0.25, 0.3) is 5.91 Å². The summed E-state index contributed by atoms with van der Waals surface area (Å²) in [4.78, 5) is 25.5. The fraction of sp³-hybridized carbons (Fsp3) is 0.182. The Labute approximate surface area is 177 Å². The Bertz CT molecular complexity index is 1030. The van der Waals surface area contributed by atoms with Gasteiger partial charge in [0.1, 0.15) is 13.2 Å². The first-order chi connectivity index (χ1) is 14.6. The lowest BCUT2D eigenvalue weighted by Gasteiger charge is -2.19. The van der Waals surface area contributed by atoms with Crippen molar-refractivity contribution in [2.24, 2.45) is 0 Å². The number of carbonyl (C=O) groups is 2. The number of hydrogen-bond acceptors (Lipinski definition) is 6. The number of thioether (sulfide) groups is 1. The minimum absolute atomic E-state index is 0.119. The van der Waals surface area contributed by atoms with Gasteiger partial charge in [-0.05, 0) is 55.5 Å². The van der Waals surface area contributed by atoms with E-state index in [9.17, 15) is 9.59 Å². The third kappa shape index (κ3) is 4.77. The third-order valence-electron chi connectivity index (χ3n) is 4.35. The van der Waals surface area contributed by atoms with E-state index < -0.39 is 0 Å². The van der Waals surface area contributed by atoms with Crippen molar-refractivity contribution < 1.29 is 23.5 Å². The average Bonchev–Trinajstić information content (AvgIpc) is 3.30. The van der Waals surface area contributed by atoms with Crippen LogP contribution in [0.3, 0.4) is 0 Å². The molecule has 0 radical (unpaired) electrons. The molecule has 1 aliphatic rings. The summed E-state index contributed by atoms with van der Waals surface area (Å²) >= 11 is 1.43. The van der Waals surface area contributed by atoms with Crippen LogP contribution in [0.25, 0.3) is 0 Å². The van der Waals surface area contributed by atoms with E-state index in [1.54, 1.807) is 42.5 Å². The van der Waals surface area contributed by atoms with E-state index in [1.807, 2.05) is 19.1 Å². The second-order valence-corrected chi connectivity index (χ2v) is 7.98. The van der Waals surface area contributed by atoms with Crippen LogP contribution in [0.5, 0.6) is 11.5 Å². The Kier molecular flexibility index (Phi) is 5.94. The molecule has 0 saturated heterocycles. The molecule has 154 valence electrons. The molecule has 0 spiro atoms. The predicted molar refractivity (Wildman–Crippen MR) is 114 cm³/mol. The van der Waals surface area contributed by atoms with Gasteiger partial charge in [0, 0.05) is 22.3 Å². The maximum atomic E-state index is 12.6. The summed E-state index contributed by atoms with van der Waals surface area (Å²) < 4.78 is 16.1. The predicted octanol–water partition coefficient (Wildman–Crippen LogP) is 4.42. The van der Waals surface area contributed by atoms with Crippen molar-refractivity contribution in [1.29, 1.82) is 0 Å². The van der Waals surface area contributed by atoms with Gasteiger partial charge in [-0.3, -0.25) is 9.59 Å². The number of rotatable bonds is 6. The second kappa shape index (κ2) is 8.96. The standard InChI is InChI=1S/C22H20N2O5S/c1-14(21(25)24-16-6-9-18-20(13-16)29-12-11-28-18)30-17-7-4-15(5-8-17)23-22(26)19-3-2-10-27-19/h2-10,13-14H,11-12H2,1H3,(H,23,26)(H,24,25). The van der Waals surface area contributed by atoms with Crippen LogP contribution in [0.1, 0.15) is 17.5 Å². The average molecular weight is 424 g/mol. The number of fused-ring (bicyclic) bond motifs is 1. The molecule has 1 aromatic heterocycles. The Morgan fingerprint density at radius 2 is 1.67 bits per heavy atom. The van der Waals surface area contributed by atoms with Crippen molar-refractivity contribution in [2.45, 2.75) is 17.1 Å². The quantitative estimate of drug-likeness (QED) is 0.569. The number of benzene rings is 2. The van der Waals surface area contributed by atoms with Crippen LogP contribution in [0.2, 0.25) is 0 Å². The molecule has 3 aromatic rings. The highest BCUT2D eigenvalue weighted by molar-refractivity contribution is 8.00. The molecule has 7 nitrogen and oxygen atoms in total. The van der Waals surface area contributed by atoms with Gasteiger partial charge in [-0.15, -0.1) is 11.8 Å². The minimum Gasteiger partial charge on any atom is -0.486 e. The molecule has 1 unspecified atom stereocenters. The smallest absolute Gasteiger partial charge is 0.291 e. The molecule has 1 atom stereocenters. The van der Waals surface area contributed by atoms with E-state index in [-0.39, 0.29) is 22.8 Å². The van der Waals surface area contributed by atoms with Crippen molar-refractivity contribution in [3.8, 4) is 11.5 Å². The highest BCUT2D eigenvalue weighted by atomic mass is 32.2. The summed E-state index contributed by atoms with van der Waals surface area (Å²) in [6.45, 7) is 2.86. The lowest BCUT2D eigenvalue weighted by molar-refractivity contribution is -0.115. The molecular formula is C22H20N2O5S. The first-order valence-corrected chi connectivity index (χ1v) is 10.3. The van der Waals surface area contributed by atoms with Crippen molar-refractivity contribution >= 4 is 35.0 Å². The van der Waals surface area contributed by atoms with Crippen molar-refractivity contribution in [1.82, 2.24) is 0 Å². The highest BCUT2D eigenvalue weighted by Gasteiger charge is 2.17. The number of amides is 2.